The lowest BCUT2D eigenvalue weighted by Crippen LogP contribution is -2.22. The van der Waals surface area contributed by atoms with Gasteiger partial charge in [-0.15, -0.1) is 0 Å². The van der Waals surface area contributed by atoms with Crippen molar-refractivity contribution in [1.29, 1.82) is 0 Å². The number of aromatic nitrogens is 2. The summed E-state index contributed by atoms with van der Waals surface area (Å²) in [5.41, 5.74) is -0.151. The topological polar surface area (TPSA) is 61.0 Å². The highest BCUT2D eigenvalue weighted by molar-refractivity contribution is 9.10. The van der Waals surface area contributed by atoms with E-state index in [0.29, 0.717) is 10.3 Å². The van der Waals surface area contributed by atoms with Gasteiger partial charge in [-0.05, 0) is 54.8 Å². The van der Waals surface area contributed by atoms with Crippen molar-refractivity contribution in [1.82, 2.24) is 14.9 Å². The molecule has 0 spiro atoms. The van der Waals surface area contributed by atoms with Crippen LogP contribution in [-0.2, 0) is 0 Å². The SMILES string of the molecule is O=c1[nH]cnc(NCCCN2CCCC2)c1Br. The summed E-state index contributed by atoms with van der Waals surface area (Å²) in [5.74, 6) is 0.621. The molecule has 1 saturated heterocycles. The van der Waals surface area contributed by atoms with Crippen molar-refractivity contribution in [3.05, 3.63) is 21.2 Å². The molecule has 0 radical (unpaired) electrons. The minimum Gasteiger partial charge on any atom is -0.369 e. The number of aromatic amines is 1. The molecule has 17 heavy (non-hydrogen) atoms. The standard InChI is InChI=1S/C11H17BrN4O/c12-9-10(14-8-15-11(9)17)13-4-3-7-16-5-1-2-6-16/h8H,1-7H2,(H2,13,14,15,17). The molecule has 1 fully saturated rings. The van der Waals surface area contributed by atoms with Crippen molar-refractivity contribution >= 4 is 21.7 Å². The van der Waals surface area contributed by atoms with Crippen molar-refractivity contribution < 1.29 is 0 Å². The van der Waals surface area contributed by atoms with Crippen LogP contribution in [0.3, 0.4) is 0 Å². The smallest absolute Gasteiger partial charge is 0.267 e. The van der Waals surface area contributed by atoms with Gasteiger partial charge in [0.1, 0.15) is 10.3 Å². The Labute approximate surface area is 109 Å². The molecule has 1 aliphatic heterocycles. The van der Waals surface area contributed by atoms with Crippen molar-refractivity contribution in [2.75, 3.05) is 31.5 Å². The van der Waals surface area contributed by atoms with Crippen LogP contribution < -0.4 is 10.9 Å². The predicted octanol–water partition coefficient (Wildman–Crippen LogP) is 1.43. The van der Waals surface area contributed by atoms with Crippen LogP contribution in [-0.4, -0.2) is 41.0 Å². The summed E-state index contributed by atoms with van der Waals surface area (Å²) in [6.07, 6.45) is 5.14. The van der Waals surface area contributed by atoms with Crippen LogP contribution in [0.25, 0.3) is 0 Å². The molecular formula is C11H17BrN4O. The number of anilines is 1. The van der Waals surface area contributed by atoms with Gasteiger partial charge in [0.05, 0.1) is 6.33 Å². The summed E-state index contributed by atoms with van der Waals surface area (Å²) in [5, 5.41) is 3.17. The van der Waals surface area contributed by atoms with E-state index in [4.69, 9.17) is 0 Å². The maximum absolute atomic E-state index is 11.3. The molecule has 94 valence electrons. The van der Waals surface area contributed by atoms with Crippen LogP contribution in [0.4, 0.5) is 5.82 Å². The van der Waals surface area contributed by atoms with Crippen molar-refractivity contribution in [3.63, 3.8) is 0 Å². The van der Waals surface area contributed by atoms with E-state index in [1.807, 2.05) is 0 Å². The zero-order chi connectivity index (χ0) is 12.1. The normalized spacial score (nSPS) is 16.3. The lowest BCUT2D eigenvalue weighted by molar-refractivity contribution is 0.337. The number of likely N-dealkylation sites (tertiary alicyclic amines) is 1. The summed E-state index contributed by atoms with van der Waals surface area (Å²) >= 11 is 3.22. The molecule has 0 aliphatic carbocycles. The third-order valence-electron chi connectivity index (χ3n) is 2.94. The van der Waals surface area contributed by atoms with Crippen LogP contribution in [0, 0.1) is 0 Å². The second-order valence-corrected chi connectivity index (χ2v) is 5.02. The van der Waals surface area contributed by atoms with Crippen molar-refractivity contribution in [2.24, 2.45) is 0 Å². The van der Waals surface area contributed by atoms with Gasteiger partial charge in [-0.3, -0.25) is 4.79 Å². The summed E-state index contributed by atoms with van der Waals surface area (Å²) < 4.78 is 0.473. The largest absolute Gasteiger partial charge is 0.369 e. The van der Waals surface area contributed by atoms with Crippen molar-refractivity contribution in [2.45, 2.75) is 19.3 Å². The monoisotopic (exact) mass is 300 g/mol. The predicted molar refractivity (Wildman–Crippen MR) is 71.3 cm³/mol. The number of halogens is 1. The van der Waals surface area contributed by atoms with Crippen molar-refractivity contribution in [3.8, 4) is 0 Å². The lowest BCUT2D eigenvalue weighted by atomic mass is 10.4. The fourth-order valence-electron chi connectivity index (χ4n) is 2.02. The average Bonchev–Trinajstić information content (AvgIpc) is 2.83. The first-order chi connectivity index (χ1) is 8.27. The Kier molecular flexibility index (Phi) is 4.56. The van der Waals surface area contributed by atoms with E-state index >= 15 is 0 Å². The van der Waals surface area contributed by atoms with E-state index in [1.54, 1.807) is 0 Å². The van der Waals surface area contributed by atoms with Crippen LogP contribution in [0.15, 0.2) is 15.6 Å². The molecule has 6 heteroatoms. The summed E-state index contributed by atoms with van der Waals surface area (Å²) in [6, 6.07) is 0. The molecule has 5 nitrogen and oxygen atoms in total. The molecule has 1 aliphatic rings. The molecule has 0 saturated carbocycles. The van der Waals surface area contributed by atoms with Gasteiger partial charge in [-0.2, -0.15) is 0 Å². The van der Waals surface area contributed by atoms with E-state index in [9.17, 15) is 4.79 Å². The van der Waals surface area contributed by atoms with Gasteiger partial charge >= 0.3 is 0 Å². The van der Waals surface area contributed by atoms with Gasteiger partial charge in [0.2, 0.25) is 0 Å². The highest BCUT2D eigenvalue weighted by Gasteiger charge is 2.10. The number of hydrogen-bond donors (Lipinski definition) is 2. The van der Waals surface area contributed by atoms with Crippen LogP contribution in [0.2, 0.25) is 0 Å². The second-order valence-electron chi connectivity index (χ2n) is 4.22. The first-order valence-corrected chi connectivity index (χ1v) is 6.76. The fraction of sp³-hybridized carbons (Fsp3) is 0.636. The van der Waals surface area contributed by atoms with Gasteiger partial charge in [-0.1, -0.05) is 0 Å². The van der Waals surface area contributed by atoms with E-state index in [-0.39, 0.29) is 5.56 Å². The van der Waals surface area contributed by atoms with Crippen LogP contribution >= 0.6 is 15.9 Å². The van der Waals surface area contributed by atoms with Gasteiger partial charge in [0.25, 0.3) is 5.56 Å². The minimum absolute atomic E-state index is 0.151. The molecule has 0 bridgehead atoms. The molecule has 0 amide bonds. The van der Waals surface area contributed by atoms with E-state index in [2.05, 4.69) is 36.1 Å². The van der Waals surface area contributed by atoms with Gasteiger partial charge in [0.15, 0.2) is 0 Å². The van der Waals surface area contributed by atoms with Gasteiger partial charge in [-0.25, -0.2) is 4.98 Å². The number of H-pyrrole nitrogens is 1. The van der Waals surface area contributed by atoms with E-state index in [0.717, 1.165) is 19.5 Å². The van der Waals surface area contributed by atoms with Gasteiger partial charge < -0.3 is 15.2 Å². The minimum atomic E-state index is -0.151. The zero-order valence-corrected chi connectivity index (χ0v) is 11.3. The number of nitrogens with one attached hydrogen (secondary N) is 2. The van der Waals surface area contributed by atoms with Crippen LogP contribution in [0.5, 0.6) is 0 Å². The molecule has 0 atom stereocenters. The summed E-state index contributed by atoms with van der Waals surface area (Å²) in [4.78, 5) is 20.4. The Morgan fingerprint density at radius 1 is 1.47 bits per heavy atom. The maximum Gasteiger partial charge on any atom is 0.267 e. The molecule has 2 heterocycles. The summed E-state index contributed by atoms with van der Waals surface area (Å²) in [7, 11) is 0. The molecule has 1 aromatic heterocycles. The van der Waals surface area contributed by atoms with Crippen LogP contribution in [0.1, 0.15) is 19.3 Å². The molecular weight excluding hydrogens is 284 g/mol. The Balaban J connectivity index is 1.74. The fourth-order valence-corrected chi connectivity index (χ4v) is 2.38. The highest BCUT2D eigenvalue weighted by atomic mass is 79.9. The third kappa shape index (κ3) is 3.54. The number of nitrogens with zero attached hydrogens (tertiary/aromatic N) is 2. The first-order valence-electron chi connectivity index (χ1n) is 5.97. The van der Waals surface area contributed by atoms with E-state index < -0.39 is 0 Å². The number of rotatable bonds is 5. The first kappa shape index (κ1) is 12.6. The number of hydrogen-bond acceptors (Lipinski definition) is 4. The zero-order valence-electron chi connectivity index (χ0n) is 9.71. The molecule has 0 unspecified atom stereocenters. The quantitative estimate of drug-likeness (QED) is 0.808. The summed E-state index contributed by atoms with van der Waals surface area (Å²) in [6.45, 7) is 4.42. The Morgan fingerprint density at radius 2 is 2.24 bits per heavy atom. The van der Waals surface area contributed by atoms with E-state index in [1.165, 1.54) is 32.3 Å². The molecule has 2 rings (SSSR count). The molecule has 2 N–H and O–H groups in total. The van der Waals surface area contributed by atoms with Gasteiger partial charge in [0, 0.05) is 6.54 Å². The maximum atomic E-state index is 11.3. The average molecular weight is 301 g/mol. The Hall–Kier alpha value is -0.880. The Morgan fingerprint density at radius 3 is 3.00 bits per heavy atom. The highest BCUT2D eigenvalue weighted by Crippen LogP contribution is 2.13. The molecule has 1 aromatic rings. The molecule has 0 aromatic carbocycles. The lowest BCUT2D eigenvalue weighted by Gasteiger charge is -2.14. The second kappa shape index (κ2) is 6.16. The Bertz CT molecular complexity index is 414. The third-order valence-corrected chi connectivity index (χ3v) is 3.67.